The van der Waals surface area contributed by atoms with E-state index in [-0.39, 0.29) is 41.1 Å². The molecule has 0 saturated carbocycles. The Bertz CT molecular complexity index is 1070. The molecule has 2 aromatic carbocycles. The first-order valence-corrected chi connectivity index (χ1v) is 11.8. The number of fused-ring (bicyclic) bond motifs is 1. The SMILES string of the molecule is Cc1ccc(NC(=O)CN(C2=N[C@H]3CS(=O)(=O)C[C@H]3S2)c2ccccc2)cc1F. The number of rotatable bonds is 4. The summed E-state index contributed by atoms with van der Waals surface area (Å²) in [7, 11) is -3.05. The number of benzene rings is 2. The fourth-order valence-electron chi connectivity index (χ4n) is 3.36. The van der Waals surface area contributed by atoms with Crippen LogP contribution in [0.25, 0.3) is 0 Å². The van der Waals surface area contributed by atoms with Gasteiger partial charge in [-0.2, -0.15) is 0 Å². The van der Waals surface area contributed by atoms with Gasteiger partial charge in [-0.3, -0.25) is 9.79 Å². The third kappa shape index (κ3) is 4.45. The lowest BCUT2D eigenvalue weighted by Crippen LogP contribution is -2.36. The van der Waals surface area contributed by atoms with E-state index in [4.69, 9.17) is 0 Å². The molecule has 6 nitrogen and oxygen atoms in total. The van der Waals surface area contributed by atoms with Crippen molar-refractivity contribution in [2.45, 2.75) is 18.2 Å². The molecule has 2 atom stereocenters. The van der Waals surface area contributed by atoms with Crippen molar-refractivity contribution in [2.75, 3.05) is 28.3 Å². The summed E-state index contributed by atoms with van der Waals surface area (Å²) in [5.74, 6) is -0.545. The highest BCUT2D eigenvalue weighted by atomic mass is 32.2. The summed E-state index contributed by atoms with van der Waals surface area (Å²) in [5.41, 5.74) is 1.68. The highest BCUT2D eigenvalue weighted by Gasteiger charge is 2.44. The van der Waals surface area contributed by atoms with Gasteiger partial charge in [0.15, 0.2) is 15.0 Å². The van der Waals surface area contributed by atoms with E-state index in [9.17, 15) is 17.6 Å². The predicted octanol–water partition coefficient (Wildman–Crippen LogP) is 2.85. The van der Waals surface area contributed by atoms with Crippen molar-refractivity contribution >= 4 is 44.0 Å². The molecule has 1 fully saturated rings. The number of amidine groups is 1. The summed E-state index contributed by atoms with van der Waals surface area (Å²) < 4.78 is 37.4. The van der Waals surface area contributed by atoms with Crippen LogP contribution in [0.4, 0.5) is 15.8 Å². The van der Waals surface area contributed by atoms with Gasteiger partial charge >= 0.3 is 0 Å². The molecule has 0 aliphatic carbocycles. The van der Waals surface area contributed by atoms with E-state index >= 15 is 0 Å². The molecule has 2 aliphatic rings. The Labute approximate surface area is 173 Å². The molecular weight excluding hydrogens is 413 g/mol. The van der Waals surface area contributed by atoms with Gasteiger partial charge in [0.1, 0.15) is 12.4 Å². The maximum absolute atomic E-state index is 13.8. The van der Waals surface area contributed by atoms with Gasteiger partial charge in [0.25, 0.3) is 0 Å². The molecule has 4 rings (SSSR count). The van der Waals surface area contributed by atoms with Crippen molar-refractivity contribution in [1.29, 1.82) is 0 Å². The number of hydrogen-bond acceptors (Lipinski definition) is 6. The van der Waals surface area contributed by atoms with Gasteiger partial charge in [0.05, 0.1) is 17.5 Å². The van der Waals surface area contributed by atoms with Crippen LogP contribution in [0.2, 0.25) is 0 Å². The maximum atomic E-state index is 13.8. The number of para-hydroxylation sites is 1. The molecule has 2 heterocycles. The van der Waals surface area contributed by atoms with Crippen LogP contribution in [0.15, 0.2) is 53.5 Å². The summed E-state index contributed by atoms with van der Waals surface area (Å²) >= 11 is 1.40. The van der Waals surface area contributed by atoms with Crippen LogP contribution in [-0.2, 0) is 14.6 Å². The van der Waals surface area contributed by atoms with Crippen LogP contribution < -0.4 is 10.2 Å². The van der Waals surface area contributed by atoms with Crippen LogP contribution in [-0.4, -0.2) is 48.8 Å². The fourth-order valence-corrected chi connectivity index (χ4v) is 7.14. The molecular formula is C20H20FN3O3S2. The van der Waals surface area contributed by atoms with E-state index in [0.29, 0.717) is 16.4 Å². The van der Waals surface area contributed by atoms with E-state index in [1.165, 1.54) is 17.8 Å². The summed E-state index contributed by atoms with van der Waals surface area (Å²) in [6.07, 6.45) is 0. The van der Waals surface area contributed by atoms with Gasteiger partial charge in [0, 0.05) is 16.6 Å². The largest absolute Gasteiger partial charge is 0.324 e. The number of anilines is 2. The minimum absolute atomic E-state index is 0.0163. The van der Waals surface area contributed by atoms with Crippen molar-refractivity contribution in [3.63, 3.8) is 0 Å². The number of hydrogen-bond donors (Lipinski definition) is 1. The quantitative estimate of drug-likeness (QED) is 0.802. The van der Waals surface area contributed by atoms with Crippen LogP contribution in [0.3, 0.4) is 0 Å². The van der Waals surface area contributed by atoms with Crippen molar-refractivity contribution in [2.24, 2.45) is 4.99 Å². The topological polar surface area (TPSA) is 78.8 Å². The highest BCUT2D eigenvalue weighted by Crippen LogP contribution is 2.36. The Morgan fingerprint density at radius 3 is 2.69 bits per heavy atom. The highest BCUT2D eigenvalue weighted by molar-refractivity contribution is 8.15. The predicted molar refractivity (Wildman–Crippen MR) is 115 cm³/mol. The normalized spacial score (nSPS) is 22.1. The summed E-state index contributed by atoms with van der Waals surface area (Å²) in [6, 6.07) is 13.6. The second-order valence-corrected chi connectivity index (χ2v) is 10.5. The summed E-state index contributed by atoms with van der Waals surface area (Å²) in [6.45, 7) is 1.64. The molecule has 9 heteroatoms. The molecule has 2 aliphatic heterocycles. The number of carbonyl (C=O) groups is 1. The minimum atomic E-state index is -3.05. The number of nitrogens with zero attached hydrogens (tertiary/aromatic N) is 2. The van der Waals surface area contributed by atoms with Crippen LogP contribution >= 0.6 is 11.8 Å². The summed E-state index contributed by atoms with van der Waals surface area (Å²) in [5, 5.41) is 3.23. The zero-order valence-electron chi connectivity index (χ0n) is 15.7. The number of carbonyl (C=O) groups excluding carboxylic acids is 1. The first-order chi connectivity index (χ1) is 13.8. The number of halogens is 1. The zero-order chi connectivity index (χ0) is 20.6. The molecule has 152 valence electrons. The Morgan fingerprint density at radius 1 is 1.24 bits per heavy atom. The molecule has 1 N–H and O–H groups in total. The average Bonchev–Trinajstić information content (AvgIpc) is 3.17. The third-order valence-corrected chi connectivity index (χ3v) is 8.11. The molecule has 1 amide bonds. The number of aliphatic imine (C=N–C) groups is 1. The molecule has 0 bridgehead atoms. The Hall–Kier alpha value is -2.39. The molecule has 29 heavy (non-hydrogen) atoms. The molecule has 0 radical (unpaired) electrons. The van der Waals surface area contributed by atoms with Crippen LogP contribution in [0.5, 0.6) is 0 Å². The number of nitrogens with one attached hydrogen (secondary N) is 1. The fraction of sp³-hybridized carbons (Fsp3) is 0.300. The van der Waals surface area contributed by atoms with Gasteiger partial charge in [-0.1, -0.05) is 36.0 Å². The Morgan fingerprint density at radius 2 is 2.00 bits per heavy atom. The van der Waals surface area contributed by atoms with Gasteiger partial charge in [0.2, 0.25) is 5.91 Å². The van der Waals surface area contributed by atoms with Gasteiger partial charge in [-0.15, -0.1) is 0 Å². The Kier molecular flexibility index (Phi) is 5.35. The van der Waals surface area contributed by atoms with Crippen molar-refractivity contribution in [1.82, 2.24) is 0 Å². The Balaban J connectivity index is 1.54. The molecule has 2 aromatic rings. The van der Waals surface area contributed by atoms with Gasteiger partial charge < -0.3 is 10.2 Å². The minimum Gasteiger partial charge on any atom is -0.324 e. The van der Waals surface area contributed by atoms with Crippen molar-refractivity contribution in [3.8, 4) is 0 Å². The molecule has 0 aromatic heterocycles. The second kappa shape index (κ2) is 7.79. The monoisotopic (exact) mass is 433 g/mol. The lowest BCUT2D eigenvalue weighted by Gasteiger charge is -2.24. The first kappa shape index (κ1) is 19.9. The lowest BCUT2D eigenvalue weighted by molar-refractivity contribution is -0.114. The molecule has 1 saturated heterocycles. The number of amides is 1. The van der Waals surface area contributed by atoms with E-state index in [1.54, 1.807) is 24.0 Å². The van der Waals surface area contributed by atoms with Crippen LogP contribution in [0, 0.1) is 12.7 Å². The smallest absolute Gasteiger partial charge is 0.244 e. The first-order valence-electron chi connectivity index (χ1n) is 9.14. The maximum Gasteiger partial charge on any atom is 0.244 e. The number of sulfone groups is 1. The lowest BCUT2D eigenvalue weighted by atomic mass is 10.2. The standard InChI is InChI=1S/C20H20FN3O3S2/c1-13-7-8-14(9-16(13)21)22-19(25)10-24(15-5-3-2-4-6-15)20-23-17-11-29(26,27)12-18(17)28-20/h2-9,17-18H,10-12H2,1H3,(H,22,25)/t17-,18+/m0/s1. The van der Waals surface area contributed by atoms with Gasteiger partial charge in [-0.05, 0) is 36.8 Å². The van der Waals surface area contributed by atoms with E-state index < -0.39 is 9.84 Å². The van der Waals surface area contributed by atoms with E-state index in [1.807, 2.05) is 30.3 Å². The number of aryl methyl sites for hydroxylation is 1. The van der Waals surface area contributed by atoms with Crippen molar-refractivity contribution < 1.29 is 17.6 Å². The molecule has 0 spiro atoms. The van der Waals surface area contributed by atoms with E-state index in [2.05, 4.69) is 10.3 Å². The van der Waals surface area contributed by atoms with E-state index in [0.717, 1.165) is 5.69 Å². The van der Waals surface area contributed by atoms with Gasteiger partial charge in [-0.25, -0.2) is 12.8 Å². The third-order valence-electron chi connectivity index (χ3n) is 4.86. The average molecular weight is 434 g/mol. The second-order valence-electron chi connectivity index (χ2n) is 7.15. The van der Waals surface area contributed by atoms with Crippen molar-refractivity contribution in [3.05, 3.63) is 59.9 Å². The summed E-state index contributed by atoms with van der Waals surface area (Å²) in [4.78, 5) is 19.0. The number of thioether (sulfide) groups is 1. The van der Waals surface area contributed by atoms with Crippen LogP contribution in [0.1, 0.15) is 5.56 Å². The zero-order valence-corrected chi connectivity index (χ0v) is 17.3. The molecule has 0 unspecified atom stereocenters.